The predicted octanol–water partition coefficient (Wildman–Crippen LogP) is 1.95. The Hall–Kier alpha value is -1.12. The van der Waals surface area contributed by atoms with E-state index in [1.165, 1.54) is 0 Å². The normalized spacial score (nSPS) is 9.69. The average molecular weight is 392 g/mol. The molecular formula is C12H14IrN3-. The third-order valence-electron chi connectivity index (χ3n) is 2.36. The standard InChI is InChI=1S/C12H14N3.Ir/c1-14(2)11-6-4-5-10(9-11)12-13-7-8-15(12)3;/h4,6-9H,1-3H3;/q-1;. The molecule has 0 saturated heterocycles. The average Bonchev–Trinajstić information content (AvgIpc) is 2.64. The van der Waals surface area contributed by atoms with E-state index in [9.17, 15) is 0 Å². The van der Waals surface area contributed by atoms with E-state index in [4.69, 9.17) is 0 Å². The van der Waals surface area contributed by atoms with Crippen LogP contribution in [0.5, 0.6) is 0 Å². The number of imidazole rings is 1. The molecule has 87 valence electrons. The second-order valence-electron chi connectivity index (χ2n) is 3.72. The fraction of sp³-hybridized carbons (Fsp3) is 0.250. The van der Waals surface area contributed by atoms with Crippen LogP contribution in [0.25, 0.3) is 11.4 Å². The second-order valence-corrected chi connectivity index (χ2v) is 3.72. The number of benzene rings is 1. The van der Waals surface area contributed by atoms with E-state index in [-0.39, 0.29) is 20.1 Å². The molecule has 2 rings (SSSR count). The molecule has 0 saturated carbocycles. The quantitative estimate of drug-likeness (QED) is 0.729. The van der Waals surface area contributed by atoms with Crippen LogP contribution in [0.2, 0.25) is 0 Å². The Bertz CT molecular complexity index is 463. The van der Waals surface area contributed by atoms with Crippen molar-refractivity contribution in [3.05, 3.63) is 36.7 Å². The van der Waals surface area contributed by atoms with Crippen LogP contribution in [0.15, 0.2) is 30.6 Å². The molecule has 0 aliphatic carbocycles. The molecule has 0 atom stereocenters. The summed E-state index contributed by atoms with van der Waals surface area (Å²) < 4.78 is 1.99. The van der Waals surface area contributed by atoms with Crippen molar-refractivity contribution >= 4 is 5.69 Å². The van der Waals surface area contributed by atoms with Gasteiger partial charge in [0.2, 0.25) is 0 Å². The summed E-state index contributed by atoms with van der Waals surface area (Å²) in [4.78, 5) is 6.37. The van der Waals surface area contributed by atoms with Crippen molar-refractivity contribution in [1.82, 2.24) is 9.55 Å². The zero-order chi connectivity index (χ0) is 10.8. The van der Waals surface area contributed by atoms with Gasteiger partial charge in [0, 0.05) is 53.6 Å². The molecule has 16 heavy (non-hydrogen) atoms. The van der Waals surface area contributed by atoms with Crippen molar-refractivity contribution in [3.63, 3.8) is 0 Å². The van der Waals surface area contributed by atoms with Gasteiger partial charge in [0.15, 0.2) is 0 Å². The zero-order valence-corrected chi connectivity index (χ0v) is 12.0. The van der Waals surface area contributed by atoms with E-state index >= 15 is 0 Å². The van der Waals surface area contributed by atoms with Crippen molar-refractivity contribution in [2.75, 3.05) is 19.0 Å². The number of hydrogen-bond acceptors (Lipinski definition) is 2. The zero-order valence-electron chi connectivity index (χ0n) is 9.56. The molecule has 0 aliphatic heterocycles. The molecule has 3 nitrogen and oxygen atoms in total. The maximum absolute atomic E-state index is 4.30. The Labute approximate surface area is 109 Å². The van der Waals surface area contributed by atoms with Crippen LogP contribution in [0.3, 0.4) is 0 Å². The summed E-state index contributed by atoms with van der Waals surface area (Å²) in [5.74, 6) is 0.943. The van der Waals surface area contributed by atoms with E-state index in [0.717, 1.165) is 17.1 Å². The van der Waals surface area contributed by atoms with Crippen molar-refractivity contribution < 1.29 is 20.1 Å². The molecule has 1 radical (unpaired) electrons. The van der Waals surface area contributed by atoms with Gasteiger partial charge in [-0.25, -0.2) is 0 Å². The third kappa shape index (κ3) is 2.52. The van der Waals surface area contributed by atoms with Gasteiger partial charge < -0.3 is 9.47 Å². The van der Waals surface area contributed by atoms with E-state index in [1.54, 1.807) is 6.20 Å². The van der Waals surface area contributed by atoms with Crippen LogP contribution >= 0.6 is 0 Å². The van der Waals surface area contributed by atoms with Crippen molar-refractivity contribution in [3.8, 4) is 11.4 Å². The van der Waals surface area contributed by atoms with Crippen molar-refractivity contribution in [2.45, 2.75) is 0 Å². The van der Waals surface area contributed by atoms with Crippen LogP contribution in [-0.4, -0.2) is 23.6 Å². The molecule has 0 N–H and O–H groups in total. The summed E-state index contributed by atoms with van der Waals surface area (Å²) >= 11 is 0. The molecule has 0 spiro atoms. The van der Waals surface area contributed by atoms with Gasteiger partial charge in [-0.05, 0) is 5.69 Å². The molecule has 1 aromatic carbocycles. The first kappa shape index (κ1) is 12.9. The van der Waals surface area contributed by atoms with E-state index in [2.05, 4.69) is 22.0 Å². The number of rotatable bonds is 2. The predicted molar refractivity (Wildman–Crippen MR) is 61.8 cm³/mol. The van der Waals surface area contributed by atoms with E-state index < -0.39 is 0 Å². The minimum atomic E-state index is 0. The monoisotopic (exact) mass is 393 g/mol. The van der Waals surface area contributed by atoms with Crippen molar-refractivity contribution in [1.29, 1.82) is 0 Å². The minimum Gasteiger partial charge on any atom is -0.394 e. The SMILES string of the molecule is CN(C)c1cc[c-]c(-c2nccn2C)c1.[Ir]. The molecule has 0 amide bonds. The van der Waals surface area contributed by atoms with E-state index in [0.29, 0.717) is 0 Å². The Kier molecular flexibility index (Phi) is 4.27. The summed E-state index contributed by atoms with van der Waals surface area (Å²) in [5, 5.41) is 0. The van der Waals surface area contributed by atoms with Crippen LogP contribution < -0.4 is 4.90 Å². The number of anilines is 1. The first-order valence-corrected chi connectivity index (χ1v) is 4.85. The smallest absolute Gasteiger partial charge is 0.0556 e. The van der Waals surface area contributed by atoms with Crippen molar-refractivity contribution in [2.24, 2.45) is 7.05 Å². The van der Waals surface area contributed by atoms with Gasteiger partial charge in [0.05, 0.1) is 5.82 Å². The van der Waals surface area contributed by atoms with Gasteiger partial charge in [-0.3, -0.25) is 4.98 Å². The molecule has 1 heterocycles. The molecule has 0 unspecified atom stereocenters. The third-order valence-corrected chi connectivity index (χ3v) is 2.36. The molecular weight excluding hydrogens is 378 g/mol. The van der Waals surface area contributed by atoms with Crippen LogP contribution in [-0.2, 0) is 27.2 Å². The van der Waals surface area contributed by atoms with Crippen LogP contribution in [0.1, 0.15) is 0 Å². The summed E-state index contributed by atoms with van der Waals surface area (Å²) in [6.07, 6.45) is 3.73. The number of aromatic nitrogens is 2. The number of hydrogen-bond donors (Lipinski definition) is 0. The maximum Gasteiger partial charge on any atom is 0.0556 e. The van der Waals surface area contributed by atoms with Gasteiger partial charge in [0.1, 0.15) is 0 Å². The molecule has 0 bridgehead atoms. The Morgan fingerprint density at radius 3 is 2.69 bits per heavy atom. The molecule has 1 aromatic heterocycles. The van der Waals surface area contributed by atoms with Gasteiger partial charge in [-0.1, -0.05) is 0 Å². The first-order valence-electron chi connectivity index (χ1n) is 4.85. The maximum atomic E-state index is 4.30. The Morgan fingerprint density at radius 1 is 1.38 bits per heavy atom. The molecule has 0 fully saturated rings. The number of nitrogens with zero attached hydrogens (tertiary/aromatic N) is 3. The summed E-state index contributed by atoms with van der Waals surface area (Å²) in [6, 6.07) is 9.25. The summed E-state index contributed by atoms with van der Waals surface area (Å²) in [7, 11) is 6.04. The first-order chi connectivity index (χ1) is 7.18. The van der Waals surface area contributed by atoms with Gasteiger partial charge in [-0.15, -0.1) is 29.8 Å². The molecule has 2 aromatic rings. The molecule has 0 aliphatic rings. The van der Waals surface area contributed by atoms with Gasteiger partial charge in [0.25, 0.3) is 0 Å². The minimum absolute atomic E-state index is 0. The molecule has 4 heteroatoms. The van der Waals surface area contributed by atoms with Crippen LogP contribution in [0, 0.1) is 6.07 Å². The topological polar surface area (TPSA) is 21.1 Å². The van der Waals surface area contributed by atoms with Gasteiger partial charge >= 0.3 is 0 Å². The van der Waals surface area contributed by atoms with E-state index in [1.807, 2.05) is 44.0 Å². The number of aryl methyl sites for hydroxylation is 1. The largest absolute Gasteiger partial charge is 0.394 e. The summed E-state index contributed by atoms with van der Waals surface area (Å²) in [6.45, 7) is 0. The van der Waals surface area contributed by atoms with Crippen LogP contribution in [0.4, 0.5) is 5.69 Å². The second kappa shape index (κ2) is 5.28. The fourth-order valence-electron chi connectivity index (χ4n) is 1.49. The fourth-order valence-corrected chi connectivity index (χ4v) is 1.49. The summed E-state index contributed by atoms with van der Waals surface area (Å²) in [5.41, 5.74) is 2.18. The van der Waals surface area contributed by atoms with Gasteiger partial charge in [-0.2, -0.15) is 0 Å². The Morgan fingerprint density at radius 2 is 2.12 bits per heavy atom. The Balaban J connectivity index is 0.00000128.